The first-order valence-electron chi connectivity index (χ1n) is 5.38. The zero-order valence-electron chi connectivity index (χ0n) is 9.57. The highest BCUT2D eigenvalue weighted by Crippen LogP contribution is 2.33. The number of nitrogens with two attached hydrogens (primary N) is 1. The maximum Gasteiger partial charge on any atom is 0.124 e. The van der Waals surface area contributed by atoms with E-state index in [2.05, 4.69) is 5.43 Å². The van der Waals surface area contributed by atoms with Crippen LogP contribution in [0.5, 0.6) is 5.75 Å². The first-order valence-corrected chi connectivity index (χ1v) is 5.76. The van der Waals surface area contributed by atoms with E-state index in [0.29, 0.717) is 11.6 Å². The minimum Gasteiger partial charge on any atom is -0.496 e. The predicted molar refractivity (Wildman–Crippen MR) is 66.7 cm³/mol. The molecule has 1 aliphatic heterocycles. The van der Waals surface area contributed by atoms with Gasteiger partial charge in [-0.3, -0.25) is 5.84 Å². The van der Waals surface area contributed by atoms with E-state index in [4.69, 9.17) is 26.9 Å². The smallest absolute Gasteiger partial charge is 0.124 e. The van der Waals surface area contributed by atoms with Gasteiger partial charge in [-0.15, -0.1) is 0 Å². The standard InChI is InChI=1S/C12H15ClN2O2/c1-16-10-5-4-8(13)7-9(10)12(15-14)11-3-2-6-17-11/h3-5,7,12,15H,2,6,14H2,1H3. The van der Waals surface area contributed by atoms with Gasteiger partial charge in [0.25, 0.3) is 0 Å². The Morgan fingerprint density at radius 3 is 2.94 bits per heavy atom. The summed E-state index contributed by atoms with van der Waals surface area (Å²) < 4.78 is 10.8. The first-order chi connectivity index (χ1) is 8.26. The second kappa shape index (κ2) is 5.40. The van der Waals surface area contributed by atoms with Crippen molar-refractivity contribution in [3.63, 3.8) is 0 Å². The van der Waals surface area contributed by atoms with Gasteiger partial charge < -0.3 is 9.47 Å². The lowest BCUT2D eigenvalue weighted by Crippen LogP contribution is -2.30. The van der Waals surface area contributed by atoms with Crippen LogP contribution in [0.15, 0.2) is 30.0 Å². The van der Waals surface area contributed by atoms with Gasteiger partial charge in [-0.05, 0) is 24.3 Å². The minimum atomic E-state index is -0.230. The Labute approximate surface area is 105 Å². The van der Waals surface area contributed by atoms with Crippen molar-refractivity contribution in [1.29, 1.82) is 0 Å². The molecule has 1 heterocycles. The van der Waals surface area contributed by atoms with Crippen LogP contribution in [0.4, 0.5) is 0 Å². The number of methoxy groups -OCH3 is 1. The fourth-order valence-electron chi connectivity index (χ4n) is 1.89. The van der Waals surface area contributed by atoms with Gasteiger partial charge in [0.05, 0.1) is 13.7 Å². The first kappa shape index (κ1) is 12.2. The Hall–Kier alpha value is -1.23. The van der Waals surface area contributed by atoms with Crippen molar-refractivity contribution in [2.75, 3.05) is 13.7 Å². The molecule has 0 fully saturated rings. The maximum atomic E-state index is 6.00. The van der Waals surface area contributed by atoms with Crippen LogP contribution >= 0.6 is 11.6 Å². The summed E-state index contributed by atoms with van der Waals surface area (Å²) in [6.07, 6.45) is 2.92. The summed E-state index contributed by atoms with van der Waals surface area (Å²) in [5, 5.41) is 0.639. The highest BCUT2D eigenvalue weighted by atomic mass is 35.5. The van der Waals surface area contributed by atoms with Crippen LogP contribution < -0.4 is 16.0 Å². The number of ether oxygens (including phenoxy) is 2. The summed E-state index contributed by atoms with van der Waals surface area (Å²) in [5.41, 5.74) is 3.60. The molecular weight excluding hydrogens is 240 g/mol. The molecule has 0 bridgehead atoms. The molecule has 17 heavy (non-hydrogen) atoms. The van der Waals surface area contributed by atoms with Gasteiger partial charge in [0.2, 0.25) is 0 Å². The zero-order chi connectivity index (χ0) is 12.3. The number of halogens is 1. The van der Waals surface area contributed by atoms with E-state index in [0.717, 1.165) is 23.5 Å². The van der Waals surface area contributed by atoms with Crippen molar-refractivity contribution in [3.8, 4) is 5.75 Å². The third kappa shape index (κ3) is 2.54. The van der Waals surface area contributed by atoms with Gasteiger partial charge in [0.15, 0.2) is 0 Å². The molecule has 92 valence electrons. The van der Waals surface area contributed by atoms with Crippen molar-refractivity contribution < 1.29 is 9.47 Å². The lowest BCUT2D eigenvalue weighted by Gasteiger charge is -2.20. The second-order valence-corrected chi connectivity index (χ2v) is 4.17. The van der Waals surface area contributed by atoms with E-state index in [-0.39, 0.29) is 6.04 Å². The fraction of sp³-hybridized carbons (Fsp3) is 0.333. The fourth-order valence-corrected chi connectivity index (χ4v) is 2.07. The molecular formula is C12H15ClN2O2. The summed E-state index contributed by atoms with van der Waals surface area (Å²) in [5.74, 6) is 7.13. The normalized spacial score (nSPS) is 16.3. The van der Waals surface area contributed by atoms with Gasteiger partial charge >= 0.3 is 0 Å². The summed E-state index contributed by atoms with van der Waals surface area (Å²) in [6, 6.07) is 5.19. The minimum absolute atomic E-state index is 0.230. The molecule has 5 heteroatoms. The predicted octanol–water partition coefficient (Wildman–Crippen LogP) is 2.16. The Kier molecular flexibility index (Phi) is 3.89. The zero-order valence-corrected chi connectivity index (χ0v) is 10.3. The average Bonchev–Trinajstić information content (AvgIpc) is 2.84. The van der Waals surface area contributed by atoms with Crippen LogP contribution in [0.2, 0.25) is 5.02 Å². The van der Waals surface area contributed by atoms with E-state index >= 15 is 0 Å². The Morgan fingerprint density at radius 2 is 2.35 bits per heavy atom. The molecule has 0 aliphatic carbocycles. The number of nitrogens with one attached hydrogen (secondary N) is 1. The molecule has 1 aromatic carbocycles. The van der Waals surface area contributed by atoms with Crippen molar-refractivity contribution in [2.24, 2.45) is 5.84 Å². The molecule has 4 nitrogen and oxygen atoms in total. The van der Waals surface area contributed by atoms with E-state index in [1.807, 2.05) is 18.2 Å². The molecule has 1 aliphatic rings. The molecule has 0 radical (unpaired) electrons. The van der Waals surface area contributed by atoms with Crippen LogP contribution in [0, 0.1) is 0 Å². The second-order valence-electron chi connectivity index (χ2n) is 3.73. The summed E-state index contributed by atoms with van der Waals surface area (Å²) in [4.78, 5) is 0. The van der Waals surface area contributed by atoms with E-state index in [1.165, 1.54) is 0 Å². The third-order valence-corrected chi connectivity index (χ3v) is 2.92. The van der Waals surface area contributed by atoms with Gasteiger partial charge in [0, 0.05) is 17.0 Å². The van der Waals surface area contributed by atoms with Crippen LogP contribution in [-0.2, 0) is 4.74 Å². The lowest BCUT2D eigenvalue weighted by atomic mass is 10.0. The number of hydrogen-bond donors (Lipinski definition) is 2. The van der Waals surface area contributed by atoms with Crippen molar-refractivity contribution in [1.82, 2.24) is 5.43 Å². The van der Waals surface area contributed by atoms with E-state index < -0.39 is 0 Å². The number of benzene rings is 1. The summed E-state index contributed by atoms with van der Waals surface area (Å²) in [7, 11) is 1.62. The van der Waals surface area contributed by atoms with Crippen LogP contribution in [0.1, 0.15) is 18.0 Å². The Balaban J connectivity index is 2.38. The van der Waals surface area contributed by atoms with Gasteiger partial charge in [-0.1, -0.05) is 11.6 Å². The van der Waals surface area contributed by atoms with Crippen LogP contribution in [-0.4, -0.2) is 13.7 Å². The van der Waals surface area contributed by atoms with Gasteiger partial charge in [-0.2, -0.15) is 0 Å². The van der Waals surface area contributed by atoms with Gasteiger partial charge in [0.1, 0.15) is 17.6 Å². The molecule has 0 spiro atoms. The van der Waals surface area contributed by atoms with Crippen molar-refractivity contribution >= 4 is 11.6 Å². The number of hydrogen-bond acceptors (Lipinski definition) is 4. The molecule has 3 N–H and O–H groups in total. The van der Waals surface area contributed by atoms with E-state index in [9.17, 15) is 0 Å². The number of rotatable bonds is 4. The third-order valence-electron chi connectivity index (χ3n) is 2.69. The van der Waals surface area contributed by atoms with Crippen LogP contribution in [0.3, 0.4) is 0 Å². The molecule has 1 unspecified atom stereocenters. The molecule has 2 rings (SSSR count). The maximum absolute atomic E-state index is 6.00. The molecule has 0 amide bonds. The molecule has 0 saturated heterocycles. The highest BCUT2D eigenvalue weighted by Gasteiger charge is 2.23. The number of hydrazine groups is 1. The average molecular weight is 255 g/mol. The summed E-state index contributed by atoms with van der Waals surface area (Å²) in [6.45, 7) is 0.691. The largest absolute Gasteiger partial charge is 0.496 e. The molecule has 0 aromatic heterocycles. The SMILES string of the molecule is COc1ccc(Cl)cc1C(NN)C1=CCCO1. The topological polar surface area (TPSA) is 56.5 Å². The Morgan fingerprint density at radius 1 is 1.53 bits per heavy atom. The lowest BCUT2D eigenvalue weighted by molar-refractivity contribution is 0.214. The van der Waals surface area contributed by atoms with Crippen molar-refractivity contribution in [2.45, 2.75) is 12.5 Å². The van der Waals surface area contributed by atoms with E-state index in [1.54, 1.807) is 13.2 Å². The van der Waals surface area contributed by atoms with Gasteiger partial charge in [-0.25, -0.2) is 5.43 Å². The van der Waals surface area contributed by atoms with Crippen LogP contribution in [0.25, 0.3) is 0 Å². The quantitative estimate of drug-likeness (QED) is 0.639. The van der Waals surface area contributed by atoms with Crippen molar-refractivity contribution in [3.05, 3.63) is 40.6 Å². The highest BCUT2D eigenvalue weighted by molar-refractivity contribution is 6.30. The molecule has 1 aromatic rings. The summed E-state index contributed by atoms with van der Waals surface area (Å²) >= 11 is 6.00. The molecule has 1 atom stereocenters. The monoisotopic (exact) mass is 254 g/mol. The molecule has 0 saturated carbocycles. The Bertz CT molecular complexity index is 435.